The largest absolute Gasteiger partial charge is 0.330 e. The van der Waals surface area contributed by atoms with Crippen molar-refractivity contribution >= 4 is 22.9 Å². The minimum Gasteiger partial charge on any atom is -0.330 e. The highest BCUT2D eigenvalue weighted by molar-refractivity contribution is 7.13. The number of nitrogens with two attached hydrogens (primary N) is 1. The normalized spacial score (nSPS) is 23.1. The van der Waals surface area contributed by atoms with Gasteiger partial charge in [0.2, 0.25) is 0 Å². The number of thiazole rings is 1. The van der Waals surface area contributed by atoms with Crippen LogP contribution >= 0.6 is 22.9 Å². The van der Waals surface area contributed by atoms with Crippen molar-refractivity contribution < 1.29 is 0 Å². The van der Waals surface area contributed by atoms with Crippen molar-refractivity contribution in [3.05, 3.63) is 15.5 Å². The van der Waals surface area contributed by atoms with Gasteiger partial charge in [-0.2, -0.15) is 0 Å². The molecule has 0 aliphatic carbocycles. The highest BCUT2D eigenvalue weighted by Gasteiger charge is 2.21. The molecule has 0 saturated carbocycles. The van der Waals surface area contributed by atoms with E-state index in [-0.39, 0.29) is 0 Å². The van der Waals surface area contributed by atoms with E-state index in [4.69, 9.17) is 17.3 Å². The molecule has 14 heavy (non-hydrogen) atoms. The zero-order chi connectivity index (χ0) is 9.97. The number of likely N-dealkylation sites (tertiary alicyclic amines) is 1. The van der Waals surface area contributed by atoms with E-state index >= 15 is 0 Å². The SMILES string of the molecule is NCC1CCN(Cc2csc(Cl)n2)C1. The predicted molar refractivity (Wildman–Crippen MR) is 59.6 cm³/mol. The van der Waals surface area contributed by atoms with Crippen LogP contribution in [0.1, 0.15) is 12.1 Å². The quantitative estimate of drug-likeness (QED) is 0.859. The first-order valence-electron chi connectivity index (χ1n) is 4.80. The van der Waals surface area contributed by atoms with Crippen molar-refractivity contribution in [2.75, 3.05) is 19.6 Å². The van der Waals surface area contributed by atoms with E-state index in [1.165, 1.54) is 17.8 Å². The molecule has 2 heterocycles. The van der Waals surface area contributed by atoms with Crippen molar-refractivity contribution in [2.24, 2.45) is 11.7 Å². The van der Waals surface area contributed by atoms with E-state index < -0.39 is 0 Å². The van der Waals surface area contributed by atoms with Crippen LogP contribution in [0.3, 0.4) is 0 Å². The Morgan fingerprint density at radius 1 is 1.71 bits per heavy atom. The third-order valence-electron chi connectivity index (χ3n) is 2.61. The van der Waals surface area contributed by atoms with Crippen LogP contribution in [-0.2, 0) is 6.54 Å². The fourth-order valence-corrected chi connectivity index (χ4v) is 2.61. The Morgan fingerprint density at radius 3 is 3.14 bits per heavy atom. The molecule has 2 rings (SSSR count). The van der Waals surface area contributed by atoms with Crippen LogP contribution in [0.2, 0.25) is 4.47 Å². The minimum absolute atomic E-state index is 0.634. The van der Waals surface area contributed by atoms with E-state index in [1.807, 2.05) is 5.38 Å². The van der Waals surface area contributed by atoms with Crippen LogP contribution in [0, 0.1) is 5.92 Å². The predicted octanol–water partition coefficient (Wildman–Crippen LogP) is 1.58. The molecule has 0 amide bonds. The Morgan fingerprint density at radius 2 is 2.57 bits per heavy atom. The molecule has 5 heteroatoms. The molecular formula is C9H14ClN3S. The third kappa shape index (κ3) is 2.45. The maximum absolute atomic E-state index is 5.77. The van der Waals surface area contributed by atoms with Gasteiger partial charge in [-0.15, -0.1) is 11.3 Å². The second-order valence-electron chi connectivity index (χ2n) is 3.72. The summed E-state index contributed by atoms with van der Waals surface area (Å²) in [6, 6.07) is 0. The third-order valence-corrected chi connectivity index (χ3v) is 3.64. The average molecular weight is 232 g/mol. The van der Waals surface area contributed by atoms with Gasteiger partial charge in [0.15, 0.2) is 4.47 Å². The molecule has 0 spiro atoms. The molecule has 1 aromatic heterocycles. The van der Waals surface area contributed by atoms with Crippen molar-refractivity contribution in [1.29, 1.82) is 0 Å². The molecule has 1 atom stereocenters. The van der Waals surface area contributed by atoms with E-state index in [1.54, 1.807) is 0 Å². The standard InChI is InChI=1S/C9H14ClN3S/c10-9-12-8(6-14-9)5-13-2-1-7(3-11)4-13/h6-7H,1-5,11H2. The summed E-state index contributed by atoms with van der Waals surface area (Å²) >= 11 is 7.27. The van der Waals surface area contributed by atoms with Crippen LogP contribution in [-0.4, -0.2) is 29.5 Å². The Hall–Kier alpha value is -0.160. The van der Waals surface area contributed by atoms with Crippen LogP contribution in [0.25, 0.3) is 0 Å². The topological polar surface area (TPSA) is 42.1 Å². The lowest BCUT2D eigenvalue weighted by Gasteiger charge is -2.13. The molecule has 3 nitrogen and oxygen atoms in total. The maximum Gasteiger partial charge on any atom is 0.183 e. The second kappa shape index (κ2) is 4.57. The van der Waals surface area contributed by atoms with Gasteiger partial charge in [-0.05, 0) is 25.4 Å². The number of hydrogen-bond donors (Lipinski definition) is 1. The van der Waals surface area contributed by atoms with Crippen molar-refractivity contribution in [3.8, 4) is 0 Å². The van der Waals surface area contributed by atoms with E-state index in [2.05, 4.69) is 9.88 Å². The minimum atomic E-state index is 0.634. The zero-order valence-electron chi connectivity index (χ0n) is 7.95. The number of rotatable bonds is 3. The van der Waals surface area contributed by atoms with Crippen LogP contribution < -0.4 is 5.73 Å². The van der Waals surface area contributed by atoms with Gasteiger partial charge in [0.05, 0.1) is 5.69 Å². The van der Waals surface area contributed by atoms with E-state index in [0.29, 0.717) is 10.4 Å². The highest BCUT2D eigenvalue weighted by atomic mass is 35.5. The van der Waals surface area contributed by atoms with Crippen molar-refractivity contribution in [3.63, 3.8) is 0 Å². The summed E-state index contributed by atoms with van der Waals surface area (Å²) in [5, 5.41) is 2.03. The lowest BCUT2D eigenvalue weighted by atomic mass is 10.1. The average Bonchev–Trinajstić information content (AvgIpc) is 2.76. The monoisotopic (exact) mass is 231 g/mol. The number of aromatic nitrogens is 1. The smallest absolute Gasteiger partial charge is 0.183 e. The summed E-state index contributed by atoms with van der Waals surface area (Å²) in [6.07, 6.45) is 1.22. The number of halogens is 1. The molecule has 1 aromatic rings. The molecule has 0 radical (unpaired) electrons. The molecule has 1 saturated heterocycles. The maximum atomic E-state index is 5.77. The van der Waals surface area contributed by atoms with Gasteiger partial charge < -0.3 is 5.73 Å². The van der Waals surface area contributed by atoms with Crippen LogP contribution in [0.15, 0.2) is 5.38 Å². The summed E-state index contributed by atoms with van der Waals surface area (Å²) in [4.78, 5) is 6.63. The first-order valence-corrected chi connectivity index (χ1v) is 6.06. The van der Waals surface area contributed by atoms with Crippen molar-refractivity contribution in [2.45, 2.75) is 13.0 Å². The Kier molecular flexibility index (Phi) is 3.38. The first-order chi connectivity index (χ1) is 6.78. The molecule has 0 aromatic carbocycles. The molecular weight excluding hydrogens is 218 g/mol. The Balaban J connectivity index is 1.87. The molecule has 1 aliphatic rings. The molecule has 1 fully saturated rings. The van der Waals surface area contributed by atoms with Gasteiger partial charge in [0, 0.05) is 18.5 Å². The Bertz CT molecular complexity index is 302. The molecule has 1 unspecified atom stereocenters. The van der Waals surface area contributed by atoms with Gasteiger partial charge in [0.1, 0.15) is 0 Å². The first kappa shape index (κ1) is 10.4. The fraction of sp³-hybridized carbons (Fsp3) is 0.667. The lowest BCUT2D eigenvalue weighted by Crippen LogP contribution is -2.22. The van der Waals surface area contributed by atoms with Gasteiger partial charge in [0.25, 0.3) is 0 Å². The van der Waals surface area contributed by atoms with E-state index in [9.17, 15) is 0 Å². The summed E-state index contributed by atoms with van der Waals surface area (Å²) in [6.45, 7) is 3.96. The fourth-order valence-electron chi connectivity index (χ4n) is 1.83. The van der Waals surface area contributed by atoms with Gasteiger partial charge in [-0.3, -0.25) is 4.90 Å². The lowest BCUT2D eigenvalue weighted by molar-refractivity contribution is 0.314. The van der Waals surface area contributed by atoms with E-state index in [0.717, 1.165) is 31.9 Å². The Labute approximate surface area is 92.9 Å². The van der Waals surface area contributed by atoms with Gasteiger partial charge >= 0.3 is 0 Å². The molecule has 78 valence electrons. The number of nitrogens with zero attached hydrogens (tertiary/aromatic N) is 2. The highest BCUT2D eigenvalue weighted by Crippen LogP contribution is 2.20. The summed E-state index contributed by atoms with van der Waals surface area (Å²) in [7, 11) is 0. The summed E-state index contributed by atoms with van der Waals surface area (Å²) in [5.41, 5.74) is 6.71. The number of hydrogen-bond acceptors (Lipinski definition) is 4. The van der Waals surface area contributed by atoms with Crippen LogP contribution in [0.5, 0.6) is 0 Å². The molecule has 0 bridgehead atoms. The molecule has 2 N–H and O–H groups in total. The van der Waals surface area contributed by atoms with Gasteiger partial charge in [-0.1, -0.05) is 11.6 Å². The summed E-state index contributed by atoms with van der Waals surface area (Å²) < 4.78 is 0.634. The zero-order valence-corrected chi connectivity index (χ0v) is 9.52. The summed E-state index contributed by atoms with van der Waals surface area (Å²) in [5.74, 6) is 0.670. The molecule has 1 aliphatic heterocycles. The van der Waals surface area contributed by atoms with Crippen molar-refractivity contribution in [1.82, 2.24) is 9.88 Å². The second-order valence-corrected chi connectivity index (χ2v) is 5.16. The van der Waals surface area contributed by atoms with Crippen LogP contribution in [0.4, 0.5) is 0 Å². The van der Waals surface area contributed by atoms with Gasteiger partial charge in [-0.25, -0.2) is 4.98 Å².